The molecule has 0 radical (unpaired) electrons. The third-order valence-electron chi connectivity index (χ3n) is 4.32. The minimum absolute atomic E-state index is 0.0256. The van der Waals surface area contributed by atoms with E-state index < -0.39 is 0 Å². The normalized spacial score (nSPS) is 19.1. The van der Waals surface area contributed by atoms with Crippen LogP contribution in [-0.4, -0.2) is 29.4 Å². The van der Waals surface area contributed by atoms with Crippen molar-refractivity contribution >= 4 is 11.6 Å². The Bertz CT molecular complexity index is 570. The Balaban J connectivity index is 1.63. The molecule has 1 atom stereocenters. The number of anilines is 1. The van der Waals surface area contributed by atoms with Crippen LogP contribution in [0.25, 0.3) is 0 Å². The summed E-state index contributed by atoms with van der Waals surface area (Å²) in [6.45, 7) is 3.04. The predicted molar refractivity (Wildman–Crippen MR) is 81.7 cm³/mol. The smallest absolute Gasteiger partial charge is 0.241 e. The van der Waals surface area contributed by atoms with Gasteiger partial charge in [-0.25, -0.2) is 0 Å². The fraction of sp³-hybridized carbons (Fsp3) is 0.529. The molecule has 0 saturated heterocycles. The SMILES string of the molecule is CC(C(=O)Nc1cccc(C#N)c1)N(CC1CC1)C1CC1. The molecule has 2 aliphatic carbocycles. The number of nitriles is 1. The van der Waals surface area contributed by atoms with Crippen molar-refractivity contribution in [2.45, 2.75) is 44.7 Å². The Morgan fingerprint density at radius 2 is 2.19 bits per heavy atom. The van der Waals surface area contributed by atoms with E-state index in [1.165, 1.54) is 25.7 Å². The lowest BCUT2D eigenvalue weighted by Gasteiger charge is -2.28. The number of hydrogen-bond acceptors (Lipinski definition) is 3. The average molecular weight is 283 g/mol. The van der Waals surface area contributed by atoms with Crippen molar-refractivity contribution in [3.05, 3.63) is 29.8 Å². The largest absolute Gasteiger partial charge is 0.325 e. The van der Waals surface area contributed by atoms with Gasteiger partial charge in [0.05, 0.1) is 17.7 Å². The second kappa shape index (κ2) is 5.87. The van der Waals surface area contributed by atoms with Crippen LogP contribution in [0.1, 0.15) is 38.2 Å². The lowest BCUT2D eigenvalue weighted by Crippen LogP contribution is -2.44. The first-order chi connectivity index (χ1) is 10.2. The van der Waals surface area contributed by atoms with Gasteiger partial charge in [0.25, 0.3) is 0 Å². The predicted octanol–water partition coefficient (Wildman–Crippen LogP) is 2.76. The number of rotatable bonds is 6. The molecule has 21 heavy (non-hydrogen) atoms. The summed E-state index contributed by atoms with van der Waals surface area (Å²) in [6, 6.07) is 9.65. The molecule has 0 spiro atoms. The molecular weight excluding hydrogens is 262 g/mol. The quantitative estimate of drug-likeness (QED) is 0.873. The molecule has 0 aromatic heterocycles. The number of nitrogens with one attached hydrogen (secondary N) is 1. The van der Waals surface area contributed by atoms with Crippen LogP contribution in [0.15, 0.2) is 24.3 Å². The topological polar surface area (TPSA) is 56.1 Å². The second-order valence-corrected chi connectivity index (χ2v) is 6.23. The summed E-state index contributed by atoms with van der Waals surface area (Å²) in [6.07, 6.45) is 5.05. The molecule has 1 aromatic rings. The molecule has 1 N–H and O–H groups in total. The van der Waals surface area contributed by atoms with Crippen molar-refractivity contribution in [2.24, 2.45) is 5.92 Å². The molecule has 0 bridgehead atoms. The van der Waals surface area contributed by atoms with Crippen LogP contribution in [0.2, 0.25) is 0 Å². The average Bonchev–Trinajstić information content (AvgIpc) is 3.37. The van der Waals surface area contributed by atoms with Crippen LogP contribution in [0.5, 0.6) is 0 Å². The van der Waals surface area contributed by atoms with Gasteiger partial charge in [-0.1, -0.05) is 6.07 Å². The first-order valence-electron chi connectivity index (χ1n) is 7.74. The molecular formula is C17H21N3O. The Kier molecular flexibility index (Phi) is 3.94. The summed E-state index contributed by atoms with van der Waals surface area (Å²) in [4.78, 5) is 14.8. The van der Waals surface area contributed by atoms with Crippen LogP contribution in [0, 0.1) is 17.2 Å². The lowest BCUT2D eigenvalue weighted by molar-refractivity contribution is -0.121. The lowest BCUT2D eigenvalue weighted by atomic mass is 10.2. The molecule has 110 valence electrons. The minimum atomic E-state index is -0.108. The van der Waals surface area contributed by atoms with Gasteiger partial charge in [0, 0.05) is 18.3 Å². The van der Waals surface area contributed by atoms with Crippen molar-refractivity contribution in [1.29, 1.82) is 5.26 Å². The maximum Gasteiger partial charge on any atom is 0.241 e. The molecule has 2 saturated carbocycles. The van der Waals surface area contributed by atoms with Gasteiger partial charge in [0.15, 0.2) is 0 Å². The van der Waals surface area contributed by atoms with Crippen molar-refractivity contribution in [2.75, 3.05) is 11.9 Å². The van der Waals surface area contributed by atoms with E-state index in [2.05, 4.69) is 16.3 Å². The zero-order valence-electron chi connectivity index (χ0n) is 12.4. The Hall–Kier alpha value is -1.86. The second-order valence-electron chi connectivity index (χ2n) is 6.23. The standard InChI is InChI=1S/C17H21N3O/c1-12(20(16-7-8-16)11-13-5-6-13)17(21)19-15-4-2-3-14(9-15)10-18/h2-4,9,12-13,16H,5-8,11H2,1H3,(H,19,21). The highest BCUT2D eigenvalue weighted by Gasteiger charge is 2.38. The number of amides is 1. The van der Waals surface area contributed by atoms with E-state index in [1.807, 2.05) is 13.0 Å². The third kappa shape index (κ3) is 3.62. The molecule has 4 nitrogen and oxygen atoms in total. The maximum atomic E-state index is 12.5. The van der Waals surface area contributed by atoms with E-state index in [0.717, 1.165) is 12.5 Å². The molecule has 1 amide bonds. The number of hydrogen-bond donors (Lipinski definition) is 1. The first-order valence-corrected chi connectivity index (χ1v) is 7.74. The maximum absolute atomic E-state index is 12.5. The van der Waals surface area contributed by atoms with Crippen molar-refractivity contribution in [3.8, 4) is 6.07 Å². The van der Waals surface area contributed by atoms with Crippen LogP contribution in [0.4, 0.5) is 5.69 Å². The number of carbonyl (C=O) groups is 1. The van der Waals surface area contributed by atoms with Gasteiger partial charge in [0.2, 0.25) is 5.91 Å². The summed E-state index contributed by atoms with van der Waals surface area (Å²) in [5.74, 6) is 0.820. The van der Waals surface area contributed by atoms with Crippen LogP contribution >= 0.6 is 0 Å². The van der Waals surface area contributed by atoms with Crippen LogP contribution < -0.4 is 5.32 Å². The van der Waals surface area contributed by atoms with Crippen LogP contribution in [0.3, 0.4) is 0 Å². The Labute approximate surface area is 125 Å². The first kappa shape index (κ1) is 14.1. The summed E-state index contributed by atoms with van der Waals surface area (Å²) < 4.78 is 0. The monoisotopic (exact) mass is 283 g/mol. The molecule has 4 heteroatoms. The van der Waals surface area contributed by atoms with Gasteiger partial charge < -0.3 is 5.32 Å². The summed E-state index contributed by atoms with van der Waals surface area (Å²) in [7, 11) is 0. The minimum Gasteiger partial charge on any atom is -0.325 e. The van der Waals surface area contributed by atoms with E-state index in [9.17, 15) is 4.79 Å². The highest BCUT2D eigenvalue weighted by molar-refractivity contribution is 5.94. The van der Waals surface area contributed by atoms with Gasteiger partial charge in [-0.15, -0.1) is 0 Å². The fourth-order valence-corrected chi connectivity index (χ4v) is 2.69. The van der Waals surface area contributed by atoms with Crippen molar-refractivity contribution < 1.29 is 4.79 Å². The number of carbonyl (C=O) groups excluding carboxylic acids is 1. The van der Waals surface area contributed by atoms with Crippen molar-refractivity contribution in [1.82, 2.24) is 4.90 Å². The van der Waals surface area contributed by atoms with E-state index >= 15 is 0 Å². The molecule has 1 unspecified atom stereocenters. The summed E-state index contributed by atoms with van der Waals surface area (Å²) >= 11 is 0. The van der Waals surface area contributed by atoms with E-state index in [0.29, 0.717) is 17.3 Å². The van der Waals surface area contributed by atoms with Gasteiger partial charge in [-0.2, -0.15) is 5.26 Å². The molecule has 2 fully saturated rings. The van der Waals surface area contributed by atoms with E-state index in [1.54, 1.807) is 18.2 Å². The van der Waals surface area contributed by atoms with Crippen molar-refractivity contribution in [3.63, 3.8) is 0 Å². The molecule has 1 aromatic carbocycles. The van der Waals surface area contributed by atoms with Gasteiger partial charge >= 0.3 is 0 Å². The highest BCUT2D eigenvalue weighted by atomic mass is 16.2. The third-order valence-corrected chi connectivity index (χ3v) is 4.32. The Morgan fingerprint density at radius 1 is 1.43 bits per heavy atom. The van der Waals surface area contributed by atoms with Gasteiger partial charge in [-0.05, 0) is 56.7 Å². The Morgan fingerprint density at radius 3 is 2.81 bits per heavy atom. The summed E-state index contributed by atoms with van der Waals surface area (Å²) in [5, 5.41) is 11.9. The van der Waals surface area contributed by atoms with E-state index in [4.69, 9.17) is 5.26 Å². The molecule has 3 rings (SSSR count). The molecule has 0 heterocycles. The fourth-order valence-electron chi connectivity index (χ4n) is 2.69. The zero-order chi connectivity index (χ0) is 14.8. The van der Waals surface area contributed by atoms with E-state index in [-0.39, 0.29) is 11.9 Å². The zero-order valence-corrected chi connectivity index (χ0v) is 12.4. The van der Waals surface area contributed by atoms with Gasteiger partial charge in [0.1, 0.15) is 0 Å². The van der Waals surface area contributed by atoms with Crippen LogP contribution in [-0.2, 0) is 4.79 Å². The molecule has 0 aliphatic heterocycles. The number of benzene rings is 1. The highest BCUT2D eigenvalue weighted by Crippen LogP contribution is 2.36. The number of nitrogens with zero attached hydrogens (tertiary/aromatic N) is 2. The summed E-state index contributed by atoms with van der Waals surface area (Å²) in [5.41, 5.74) is 1.27. The molecule has 2 aliphatic rings. The van der Waals surface area contributed by atoms with Gasteiger partial charge in [-0.3, -0.25) is 9.69 Å².